The Balaban J connectivity index is 2.98. The van der Waals surface area contributed by atoms with Gasteiger partial charge in [0.2, 0.25) is 0 Å². The largest absolute Gasteiger partial charge is 0.508 e. The SMILES string of the molecule is CCCCC(=O)Oc1ccc(C[C@H](NCC(C)OC(=O)OC(C)CC)C(=O)OC)cc1OC(=O)CCCC. The lowest BCUT2D eigenvalue weighted by atomic mass is 10.0. The van der Waals surface area contributed by atoms with Crippen LogP contribution in [-0.2, 0) is 35.0 Å². The standard InChI is InChI=1S/C28H43NO9/c1-7-10-12-25(30)37-23-15-14-21(17-24(23)38-26(31)13-11-8-2)16-22(27(32)34-6)29-18-20(5)36-28(33)35-19(4)9-3/h14-15,17,19-20,22,29H,7-13,16,18H2,1-6H3/t19?,20?,22-/m0/s1. The maximum Gasteiger partial charge on any atom is 0.508 e. The number of hydrogen-bond donors (Lipinski definition) is 1. The predicted octanol–water partition coefficient (Wildman–Crippen LogP) is 4.89. The van der Waals surface area contributed by atoms with Crippen molar-refractivity contribution >= 4 is 24.1 Å². The zero-order chi connectivity index (χ0) is 28.5. The van der Waals surface area contributed by atoms with E-state index < -0.39 is 36.2 Å². The molecule has 0 aliphatic rings. The van der Waals surface area contributed by atoms with Gasteiger partial charge < -0.3 is 29.0 Å². The molecule has 0 radical (unpaired) electrons. The first kappa shape index (κ1) is 32.9. The molecule has 0 saturated carbocycles. The summed E-state index contributed by atoms with van der Waals surface area (Å²) in [5.41, 5.74) is 0.643. The van der Waals surface area contributed by atoms with E-state index in [-0.39, 0.29) is 43.4 Å². The van der Waals surface area contributed by atoms with Crippen molar-refractivity contribution in [2.24, 2.45) is 0 Å². The van der Waals surface area contributed by atoms with Gasteiger partial charge in [-0.05, 0) is 57.2 Å². The second kappa shape index (κ2) is 18.2. The van der Waals surface area contributed by atoms with Crippen molar-refractivity contribution in [3.8, 4) is 11.5 Å². The molecule has 0 heterocycles. The molecule has 0 aliphatic carbocycles. The number of esters is 3. The molecule has 1 aromatic carbocycles. The van der Waals surface area contributed by atoms with Crippen molar-refractivity contribution < 1.29 is 42.9 Å². The Morgan fingerprint density at radius 1 is 0.842 bits per heavy atom. The molecular weight excluding hydrogens is 494 g/mol. The lowest BCUT2D eigenvalue weighted by Gasteiger charge is -2.21. The summed E-state index contributed by atoms with van der Waals surface area (Å²) in [5.74, 6) is -1.12. The smallest absolute Gasteiger partial charge is 0.468 e. The highest BCUT2D eigenvalue weighted by atomic mass is 16.7. The van der Waals surface area contributed by atoms with Crippen molar-refractivity contribution in [1.82, 2.24) is 5.32 Å². The van der Waals surface area contributed by atoms with Crippen LogP contribution in [0.5, 0.6) is 11.5 Å². The number of carbonyl (C=O) groups is 4. The Labute approximate surface area is 225 Å². The van der Waals surface area contributed by atoms with E-state index in [1.165, 1.54) is 7.11 Å². The summed E-state index contributed by atoms with van der Waals surface area (Å²) in [6.45, 7) is 9.44. The zero-order valence-corrected chi connectivity index (χ0v) is 23.5. The fraction of sp³-hybridized carbons (Fsp3) is 0.643. The van der Waals surface area contributed by atoms with Crippen LogP contribution in [0.25, 0.3) is 0 Å². The van der Waals surface area contributed by atoms with Crippen LogP contribution in [0.2, 0.25) is 0 Å². The number of benzene rings is 1. The molecule has 1 N–H and O–H groups in total. The zero-order valence-electron chi connectivity index (χ0n) is 23.5. The molecule has 0 bridgehead atoms. The first-order valence-electron chi connectivity index (χ1n) is 13.4. The van der Waals surface area contributed by atoms with Crippen LogP contribution in [0.3, 0.4) is 0 Å². The summed E-state index contributed by atoms with van der Waals surface area (Å²) in [7, 11) is 1.28. The Morgan fingerprint density at radius 3 is 1.97 bits per heavy atom. The van der Waals surface area contributed by atoms with Crippen LogP contribution in [0, 0.1) is 0 Å². The maximum atomic E-state index is 12.5. The highest BCUT2D eigenvalue weighted by molar-refractivity contribution is 5.77. The summed E-state index contributed by atoms with van der Waals surface area (Å²) in [4.78, 5) is 48.8. The van der Waals surface area contributed by atoms with Crippen molar-refractivity contribution in [2.45, 2.75) is 104 Å². The molecule has 10 nitrogen and oxygen atoms in total. The normalized spacial score (nSPS) is 13.1. The fourth-order valence-corrected chi connectivity index (χ4v) is 3.24. The molecule has 0 amide bonds. The van der Waals surface area contributed by atoms with Gasteiger partial charge in [-0.2, -0.15) is 0 Å². The van der Waals surface area contributed by atoms with Crippen LogP contribution in [0.1, 0.15) is 85.1 Å². The molecule has 0 aliphatic heterocycles. The van der Waals surface area contributed by atoms with Gasteiger partial charge in [0.15, 0.2) is 11.5 Å². The fourth-order valence-electron chi connectivity index (χ4n) is 3.24. The van der Waals surface area contributed by atoms with Crippen molar-refractivity contribution in [1.29, 1.82) is 0 Å². The van der Waals surface area contributed by atoms with Crippen LogP contribution in [-0.4, -0.2) is 56.0 Å². The molecule has 3 atom stereocenters. The summed E-state index contributed by atoms with van der Waals surface area (Å²) < 4.78 is 26.2. The quantitative estimate of drug-likeness (QED) is 0.217. The molecule has 1 rings (SSSR count). The third-order valence-electron chi connectivity index (χ3n) is 5.67. The number of unbranched alkanes of at least 4 members (excludes halogenated alkanes) is 2. The van der Waals surface area contributed by atoms with E-state index in [2.05, 4.69) is 5.32 Å². The summed E-state index contributed by atoms with van der Waals surface area (Å²) in [6.07, 6.45) is 2.75. The third kappa shape index (κ3) is 12.9. The lowest BCUT2D eigenvalue weighted by Crippen LogP contribution is -2.43. The van der Waals surface area contributed by atoms with E-state index in [0.29, 0.717) is 24.8 Å². The minimum Gasteiger partial charge on any atom is -0.468 e. The van der Waals surface area contributed by atoms with E-state index in [1.807, 2.05) is 20.8 Å². The minimum absolute atomic E-state index is 0.113. The molecular formula is C28H43NO9. The topological polar surface area (TPSA) is 126 Å². The number of carbonyl (C=O) groups excluding carboxylic acids is 4. The monoisotopic (exact) mass is 537 g/mol. The van der Waals surface area contributed by atoms with Gasteiger partial charge in [-0.25, -0.2) is 4.79 Å². The second-order valence-corrected chi connectivity index (χ2v) is 9.14. The highest BCUT2D eigenvalue weighted by Gasteiger charge is 2.23. The van der Waals surface area contributed by atoms with E-state index in [1.54, 1.807) is 32.0 Å². The molecule has 1 aromatic rings. The molecule has 0 fully saturated rings. The van der Waals surface area contributed by atoms with Gasteiger partial charge in [-0.1, -0.05) is 39.7 Å². The summed E-state index contributed by atoms with van der Waals surface area (Å²) in [6, 6.07) is 4.03. The number of nitrogens with one attached hydrogen (secondary N) is 1. The van der Waals surface area contributed by atoms with Crippen molar-refractivity contribution in [3.63, 3.8) is 0 Å². The van der Waals surface area contributed by atoms with Crippen LogP contribution in [0.15, 0.2) is 18.2 Å². The van der Waals surface area contributed by atoms with E-state index in [0.717, 1.165) is 12.8 Å². The maximum absolute atomic E-state index is 12.5. The van der Waals surface area contributed by atoms with Gasteiger partial charge in [0, 0.05) is 19.4 Å². The Bertz CT molecular complexity index is 902. The molecule has 0 aromatic heterocycles. The Kier molecular flexibility index (Phi) is 15.7. The number of methoxy groups -OCH3 is 1. The van der Waals surface area contributed by atoms with Gasteiger partial charge in [-0.15, -0.1) is 0 Å². The summed E-state index contributed by atoms with van der Waals surface area (Å²) in [5, 5.41) is 3.05. The first-order valence-corrected chi connectivity index (χ1v) is 13.4. The van der Waals surface area contributed by atoms with Crippen molar-refractivity contribution in [2.75, 3.05) is 13.7 Å². The van der Waals surface area contributed by atoms with Crippen LogP contribution < -0.4 is 14.8 Å². The Hall–Kier alpha value is -3.14. The van der Waals surface area contributed by atoms with E-state index >= 15 is 0 Å². The highest BCUT2D eigenvalue weighted by Crippen LogP contribution is 2.30. The Morgan fingerprint density at radius 2 is 1.42 bits per heavy atom. The molecule has 38 heavy (non-hydrogen) atoms. The molecule has 10 heteroatoms. The number of ether oxygens (including phenoxy) is 5. The first-order chi connectivity index (χ1) is 18.1. The minimum atomic E-state index is -0.779. The second-order valence-electron chi connectivity index (χ2n) is 9.14. The number of rotatable bonds is 17. The molecule has 2 unspecified atom stereocenters. The summed E-state index contributed by atoms with van der Waals surface area (Å²) >= 11 is 0. The van der Waals surface area contributed by atoms with Crippen LogP contribution >= 0.6 is 0 Å². The average molecular weight is 538 g/mol. The van der Waals surface area contributed by atoms with Gasteiger partial charge in [-0.3, -0.25) is 14.4 Å². The van der Waals surface area contributed by atoms with Gasteiger partial charge >= 0.3 is 24.1 Å². The predicted molar refractivity (Wildman–Crippen MR) is 141 cm³/mol. The molecule has 0 saturated heterocycles. The molecule has 214 valence electrons. The van der Waals surface area contributed by atoms with Gasteiger partial charge in [0.1, 0.15) is 18.2 Å². The van der Waals surface area contributed by atoms with E-state index in [9.17, 15) is 19.2 Å². The number of hydrogen-bond acceptors (Lipinski definition) is 10. The van der Waals surface area contributed by atoms with Gasteiger partial charge in [0.25, 0.3) is 0 Å². The van der Waals surface area contributed by atoms with E-state index in [4.69, 9.17) is 23.7 Å². The van der Waals surface area contributed by atoms with Gasteiger partial charge in [0.05, 0.1) is 7.11 Å². The molecule has 0 spiro atoms. The average Bonchev–Trinajstić information content (AvgIpc) is 2.89. The van der Waals surface area contributed by atoms with Crippen molar-refractivity contribution in [3.05, 3.63) is 23.8 Å². The van der Waals surface area contributed by atoms with Crippen LogP contribution in [0.4, 0.5) is 4.79 Å². The third-order valence-corrected chi connectivity index (χ3v) is 5.67. The lowest BCUT2D eigenvalue weighted by molar-refractivity contribution is -0.143.